The smallest absolute Gasteiger partial charge is 0.329 e. The van der Waals surface area contributed by atoms with Crippen LogP contribution in [0, 0.1) is 0 Å². The number of nitrogens with one attached hydrogen (secondary N) is 1. The lowest BCUT2D eigenvalue weighted by Crippen LogP contribution is -2.30. The Balaban J connectivity index is 1.55. The van der Waals surface area contributed by atoms with Gasteiger partial charge in [0.25, 0.3) is 5.91 Å². The zero-order chi connectivity index (χ0) is 25.8. The summed E-state index contributed by atoms with van der Waals surface area (Å²) in [6.45, 7) is 2.45. The topological polar surface area (TPSA) is 67.9 Å². The van der Waals surface area contributed by atoms with E-state index in [0.29, 0.717) is 38.7 Å². The minimum Gasteiger partial charge on any atom is -0.490 e. The predicted molar refractivity (Wildman–Crippen MR) is 142 cm³/mol. The van der Waals surface area contributed by atoms with Crippen molar-refractivity contribution in [2.45, 2.75) is 20.1 Å². The van der Waals surface area contributed by atoms with Gasteiger partial charge in [0.05, 0.1) is 18.2 Å². The third-order valence-electron chi connectivity index (χ3n) is 5.25. The molecule has 0 unspecified atom stereocenters. The van der Waals surface area contributed by atoms with E-state index in [-0.39, 0.29) is 23.9 Å². The van der Waals surface area contributed by atoms with Crippen LogP contribution in [-0.2, 0) is 17.9 Å². The number of urea groups is 1. The first-order valence-electron chi connectivity index (χ1n) is 10.9. The van der Waals surface area contributed by atoms with Crippen molar-refractivity contribution >= 4 is 64.4 Å². The Morgan fingerprint density at radius 2 is 1.61 bits per heavy atom. The number of nitrogens with zero attached hydrogens (tertiary/aromatic N) is 1. The minimum atomic E-state index is -0.517. The van der Waals surface area contributed by atoms with Gasteiger partial charge in [-0.25, -0.2) is 4.79 Å². The van der Waals surface area contributed by atoms with Gasteiger partial charge in [-0.3, -0.25) is 9.69 Å². The molecule has 0 atom stereocenters. The average Bonchev–Trinajstić information content (AvgIpc) is 3.08. The minimum absolute atomic E-state index is 0.115. The summed E-state index contributed by atoms with van der Waals surface area (Å²) in [5, 5.41) is 4.44. The third-order valence-corrected chi connectivity index (χ3v) is 6.37. The predicted octanol–water partition coefficient (Wildman–Crippen LogP) is 7.37. The Morgan fingerprint density at radius 3 is 2.31 bits per heavy atom. The zero-order valence-electron chi connectivity index (χ0n) is 19.0. The van der Waals surface area contributed by atoms with E-state index in [1.54, 1.807) is 54.6 Å². The second-order valence-electron chi connectivity index (χ2n) is 7.79. The summed E-state index contributed by atoms with van der Waals surface area (Å²) in [6, 6.07) is 14.8. The number of benzene rings is 3. The molecule has 0 aromatic heterocycles. The monoisotopic (exact) mass is 564 g/mol. The molecule has 0 bridgehead atoms. The van der Waals surface area contributed by atoms with E-state index in [4.69, 9.17) is 55.9 Å². The van der Waals surface area contributed by atoms with E-state index in [1.165, 1.54) is 6.08 Å². The molecule has 0 radical (unpaired) electrons. The first-order valence-corrected chi connectivity index (χ1v) is 12.4. The van der Waals surface area contributed by atoms with Gasteiger partial charge in [-0.05, 0) is 60.5 Å². The molecular formula is C26H20Cl4N2O4. The third kappa shape index (κ3) is 6.08. The molecule has 0 spiro atoms. The highest BCUT2D eigenvalue weighted by Gasteiger charge is 2.33. The molecule has 3 amide bonds. The van der Waals surface area contributed by atoms with E-state index < -0.39 is 11.9 Å². The van der Waals surface area contributed by atoms with Gasteiger partial charge in [-0.2, -0.15) is 0 Å². The molecule has 1 aliphatic heterocycles. The largest absolute Gasteiger partial charge is 0.490 e. The number of carbonyl (C=O) groups is 2. The van der Waals surface area contributed by atoms with Gasteiger partial charge in [0.2, 0.25) is 0 Å². The summed E-state index contributed by atoms with van der Waals surface area (Å²) >= 11 is 24.6. The van der Waals surface area contributed by atoms with Gasteiger partial charge in [-0.1, -0.05) is 64.6 Å². The lowest BCUT2D eigenvalue weighted by molar-refractivity contribution is -0.123. The van der Waals surface area contributed by atoms with Crippen LogP contribution in [0.2, 0.25) is 20.1 Å². The molecule has 1 fully saturated rings. The van der Waals surface area contributed by atoms with Crippen LogP contribution in [0.3, 0.4) is 0 Å². The Labute approximate surface area is 228 Å². The van der Waals surface area contributed by atoms with Gasteiger partial charge in [-0.15, -0.1) is 0 Å². The number of rotatable bonds is 8. The standard InChI is InChI=1S/C26H20Cl4N2O4/c1-2-35-23-11-16(9-21(30)24(23)36-14-17-5-8-19(28)12-20(17)29)10-22-25(33)32(26(34)31-22)13-15-3-6-18(27)7-4-15/h3-12H,2,13-14H2,1H3,(H,31,34)/b22-10-. The van der Waals surface area contributed by atoms with Crippen LogP contribution >= 0.6 is 46.4 Å². The molecule has 0 saturated carbocycles. The molecule has 186 valence electrons. The highest BCUT2D eigenvalue weighted by molar-refractivity contribution is 6.35. The number of halogens is 4. The van der Waals surface area contributed by atoms with Crippen LogP contribution in [0.15, 0.2) is 60.3 Å². The first-order chi connectivity index (χ1) is 17.2. The van der Waals surface area contributed by atoms with Crippen molar-refractivity contribution in [1.82, 2.24) is 10.2 Å². The summed E-state index contributed by atoms with van der Waals surface area (Å²) in [4.78, 5) is 26.5. The number of hydrogen-bond donors (Lipinski definition) is 1. The quantitative estimate of drug-likeness (QED) is 0.229. The van der Waals surface area contributed by atoms with E-state index in [9.17, 15) is 9.59 Å². The van der Waals surface area contributed by atoms with E-state index >= 15 is 0 Å². The maximum atomic E-state index is 12.9. The normalized spacial score (nSPS) is 14.4. The van der Waals surface area contributed by atoms with Crippen LogP contribution in [0.4, 0.5) is 4.79 Å². The zero-order valence-corrected chi connectivity index (χ0v) is 22.0. The van der Waals surface area contributed by atoms with Crippen molar-refractivity contribution in [3.63, 3.8) is 0 Å². The van der Waals surface area contributed by atoms with Crippen molar-refractivity contribution in [3.8, 4) is 11.5 Å². The molecular weight excluding hydrogens is 546 g/mol. The van der Waals surface area contributed by atoms with Crippen LogP contribution in [0.25, 0.3) is 6.08 Å². The van der Waals surface area contributed by atoms with Gasteiger partial charge in [0.15, 0.2) is 11.5 Å². The van der Waals surface area contributed by atoms with Gasteiger partial charge in [0, 0.05) is 20.6 Å². The molecule has 1 N–H and O–H groups in total. The Hall–Kier alpha value is -2.90. The number of ether oxygens (including phenoxy) is 2. The van der Waals surface area contributed by atoms with Crippen LogP contribution in [-0.4, -0.2) is 23.4 Å². The lowest BCUT2D eigenvalue weighted by Gasteiger charge is -2.15. The molecule has 36 heavy (non-hydrogen) atoms. The van der Waals surface area contributed by atoms with Crippen molar-refractivity contribution in [1.29, 1.82) is 0 Å². The van der Waals surface area contributed by atoms with Crippen LogP contribution in [0.1, 0.15) is 23.6 Å². The lowest BCUT2D eigenvalue weighted by atomic mass is 10.1. The molecule has 6 nitrogen and oxygen atoms in total. The average molecular weight is 566 g/mol. The fraction of sp³-hybridized carbons (Fsp3) is 0.154. The van der Waals surface area contributed by atoms with E-state index in [0.717, 1.165) is 16.0 Å². The summed E-state index contributed by atoms with van der Waals surface area (Å²) in [7, 11) is 0. The fourth-order valence-electron chi connectivity index (χ4n) is 3.52. The van der Waals surface area contributed by atoms with Gasteiger partial charge >= 0.3 is 6.03 Å². The second-order valence-corrected chi connectivity index (χ2v) is 9.48. The summed E-state index contributed by atoms with van der Waals surface area (Å²) in [6.07, 6.45) is 1.54. The highest BCUT2D eigenvalue weighted by Crippen LogP contribution is 2.38. The Morgan fingerprint density at radius 1 is 0.889 bits per heavy atom. The molecule has 10 heteroatoms. The maximum Gasteiger partial charge on any atom is 0.329 e. The second kappa shape index (κ2) is 11.4. The highest BCUT2D eigenvalue weighted by atomic mass is 35.5. The molecule has 4 rings (SSSR count). The van der Waals surface area contributed by atoms with E-state index in [2.05, 4.69) is 5.32 Å². The van der Waals surface area contributed by atoms with Gasteiger partial charge < -0.3 is 14.8 Å². The van der Waals surface area contributed by atoms with Crippen LogP contribution < -0.4 is 14.8 Å². The van der Waals surface area contributed by atoms with Crippen molar-refractivity contribution in [2.75, 3.05) is 6.61 Å². The van der Waals surface area contributed by atoms with Gasteiger partial charge in [0.1, 0.15) is 12.3 Å². The number of amides is 3. The molecule has 3 aromatic rings. The fourth-order valence-corrected chi connectivity index (χ4v) is 4.38. The summed E-state index contributed by atoms with van der Waals surface area (Å²) in [5.74, 6) is 0.260. The Kier molecular flexibility index (Phi) is 8.32. The summed E-state index contributed by atoms with van der Waals surface area (Å²) < 4.78 is 11.7. The molecule has 3 aromatic carbocycles. The molecule has 1 saturated heterocycles. The Bertz CT molecular complexity index is 1340. The molecule has 1 heterocycles. The van der Waals surface area contributed by atoms with Crippen molar-refractivity contribution in [3.05, 3.63) is 97.1 Å². The maximum absolute atomic E-state index is 12.9. The summed E-state index contributed by atoms with van der Waals surface area (Å²) in [5.41, 5.74) is 2.17. The SMILES string of the molecule is CCOc1cc(/C=C2\NC(=O)N(Cc3ccc(Cl)cc3)C2=O)cc(Cl)c1OCc1ccc(Cl)cc1Cl. The molecule has 1 aliphatic rings. The number of hydrogen-bond acceptors (Lipinski definition) is 4. The molecule has 0 aliphatic carbocycles. The number of carbonyl (C=O) groups excluding carboxylic acids is 2. The first kappa shape index (κ1) is 26.2. The van der Waals surface area contributed by atoms with Crippen molar-refractivity contribution in [2.24, 2.45) is 0 Å². The van der Waals surface area contributed by atoms with E-state index in [1.807, 2.05) is 6.92 Å². The van der Waals surface area contributed by atoms with Crippen molar-refractivity contribution < 1.29 is 19.1 Å². The number of imide groups is 1. The van der Waals surface area contributed by atoms with Crippen LogP contribution in [0.5, 0.6) is 11.5 Å².